The summed E-state index contributed by atoms with van der Waals surface area (Å²) in [5.41, 5.74) is 0.657. The molecule has 1 fully saturated rings. The van der Waals surface area contributed by atoms with Gasteiger partial charge >= 0.3 is 11.9 Å². The first-order valence-corrected chi connectivity index (χ1v) is 11.1. The molecule has 0 bridgehead atoms. The molecule has 1 unspecified atom stereocenters. The van der Waals surface area contributed by atoms with Crippen molar-refractivity contribution in [1.29, 1.82) is 0 Å². The topological polar surface area (TPSA) is 172 Å². The van der Waals surface area contributed by atoms with E-state index in [4.69, 9.17) is 9.84 Å². The molecule has 1 saturated heterocycles. The van der Waals surface area contributed by atoms with Gasteiger partial charge in [-0.3, -0.25) is 33.9 Å². The Kier molecular flexibility index (Phi) is 10.8. The third-order valence-electron chi connectivity index (χ3n) is 5.49. The number of ether oxygens (including phenoxy) is 1. The predicted molar refractivity (Wildman–Crippen MR) is 116 cm³/mol. The van der Waals surface area contributed by atoms with Gasteiger partial charge in [-0.2, -0.15) is 4.68 Å². The first kappa shape index (κ1) is 27.1. The van der Waals surface area contributed by atoms with E-state index in [1.807, 2.05) is 13.8 Å². The predicted octanol–water partition coefficient (Wildman–Crippen LogP) is -1.78. The maximum atomic E-state index is 12.4. The number of aromatic amines is 1. The lowest BCUT2D eigenvalue weighted by molar-refractivity contribution is -0.771. The number of amides is 1. The summed E-state index contributed by atoms with van der Waals surface area (Å²) in [6, 6.07) is -0.767. The quantitative estimate of drug-likeness (QED) is 0.184. The van der Waals surface area contributed by atoms with Crippen molar-refractivity contribution in [2.75, 3.05) is 46.1 Å². The minimum Gasteiger partial charge on any atom is -0.480 e. The molecule has 1 aromatic rings. The summed E-state index contributed by atoms with van der Waals surface area (Å²) in [6.07, 6.45) is 1.85. The van der Waals surface area contributed by atoms with Gasteiger partial charge in [0.05, 0.1) is 19.8 Å². The second-order valence-electron chi connectivity index (χ2n) is 8.41. The molecule has 14 nitrogen and oxygen atoms in total. The fourth-order valence-corrected chi connectivity index (χ4v) is 3.61. The Morgan fingerprint density at radius 2 is 1.94 bits per heavy atom. The number of hydrogen-bond donors (Lipinski definition) is 4. The van der Waals surface area contributed by atoms with Gasteiger partial charge in [0.2, 0.25) is 11.6 Å². The van der Waals surface area contributed by atoms with Gasteiger partial charge in [-0.25, -0.2) is 0 Å². The number of aromatic nitrogens is 3. The summed E-state index contributed by atoms with van der Waals surface area (Å²) in [5.74, 6) is -2.36. The molecule has 0 spiro atoms. The number of hydrogen-bond acceptors (Lipinski definition) is 9. The van der Waals surface area contributed by atoms with E-state index in [0.717, 1.165) is 0 Å². The normalized spacial score (nSPS) is 17.0. The molecule has 1 aliphatic rings. The van der Waals surface area contributed by atoms with Crippen LogP contribution in [0.1, 0.15) is 38.4 Å². The molecule has 14 heteroatoms. The van der Waals surface area contributed by atoms with Gasteiger partial charge in [-0.15, -0.1) is 0 Å². The van der Waals surface area contributed by atoms with E-state index >= 15 is 0 Å². The Balaban J connectivity index is 1.97. The monoisotopic (exact) mass is 484 g/mol. The summed E-state index contributed by atoms with van der Waals surface area (Å²) >= 11 is 0. The van der Waals surface area contributed by atoms with Gasteiger partial charge in [-0.05, 0) is 20.3 Å². The number of carboxylic acid groups (broad SMARTS) is 2. The van der Waals surface area contributed by atoms with Crippen molar-refractivity contribution in [2.24, 2.45) is 0 Å². The highest BCUT2D eigenvalue weighted by Gasteiger charge is 2.30. The van der Waals surface area contributed by atoms with E-state index in [1.54, 1.807) is 25.6 Å². The zero-order chi connectivity index (χ0) is 25.1. The third-order valence-corrected chi connectivity index (χ3v) is 5.49. The fraction of sp³-hybridized carbons (Fsp3) is 0.700. The number of carbonyl (C=O) groups is 4. The molecule has 4 N–H and O–H groups in total. The molecule has 190 valence electrons. The smallest absolute Gasteiger partial charge is 0.320 e. The molecule has 34 heavy (non-hydrogen) atoms. The highest BCUT2D eigenvalue weighted by molar-refractivity contribution is 5.78. The average molecular weight is 485 g/mol. The van der Waals surface area contributed by atoms with Crippen LogP contribution in [0.2, 0.25) is 0 Å². The van der Waals surface area contributed by atoms with Crippen LogP contribution in [-0.4, -0.2) is 112 Å². The van der Waals surface area contributed by atoms with Crippen molar-refractivity contribution in [3.63, 3.8) is 0 Å². The maximum absolute atomic E-state index is 12.4. The Morgan fingerprint density at radius 1 is 1.24 bits per heavy atom. The molecule has 1 aliphatic heterocycles. The van der Waals surface area contributed by atoms with Crippen molar-refractivity contribution >= 4 is 24.3 Å². The van der Waals surface area contributed by atoms with Crippen LogP contribution >= 0.6 is 0 Å². The molecule has 0 radical (unpaired) electrons. The van der Waals surface area contributed by atoms with Crippen molar-refractivity contribution in [1.82, 2.24) is 30.3 Å². The Bertz CT molecular complexity index is 832. The van der Waals surface area contributed by atoms with Crippen molar-refractivity contribution in [2.45, 2.75) is 45.3 Å². The molecule has 0 saturated carbocycles. The van der Waals surface area contributed by atoms with Crippen LogP contribution in [0, 0.1) is 0 Å². The Hall–Kier alpha value is -3.10. The molecular weight excluding hydrogens is 450 g/mol. The number of carboxylic acids is 2. The van der Waals surface area contributed by atoms with Gasteiger partial charge < -0.3 is 20.3 Å². The van der Waals surface area contributed by atoms with Crippen molar-refractivity contribution < 1.29 is 38.8 Å². The van der Waals surface area contributed by atoms with Crippen LogP contribution in [0.25, 0.3) is 0 Å². The highest BCUT2D eigenvalue weighted by atomic mass is 16.5. The second kappa shape index (κ2) is 13.6. The van der Waals surface area contributed by atoms with Crippen LogP contribution in [0.5, 0.6) is 0 Å². The molecule has 1 amide bonds. The van der Waals surface area contributed by atoms with Crippen LogP contribution in [0.15, 0.2) is 6.20 Å². The van der Waals surface area contributed by atoms with E-state index in [2.05, 4.69) is 15.6 Å². The van der Waals surface area contributed by atoms with E-state index in [-0.39, 0.29) is 57.8 Å². The third kappa shape index (κ3) is 9.03. The molecular formula is C20H34N7O7+. The number of nitrogens with zero attached hydrogens (tertiary/aromatic N) is 5. The van der Waals surface area contributed by atoms with Gasteiger partial charge in [0.15, 0.2) is 6.20 Å². The minimum absolute atomic E-state index is 0.00819. The minimum atomic E-state index is -1.08. The lowest BCUT2D eigenvalue weighted by atomic mass is 10.1. The number of nitrogens with one attached hydrogen (secondary N) is 2. The van der Waals surface area contributed by atoms with Gasteiger partial charge in [-0.1, -0.05) is 5.21 Å². The molecule has 2 rings (SSSR count). The summed E-state index contributed by atoms with van der Waals surface area (Å²) in [4.78, 5) is 51.2. The largest absolute Gasteiger partial charge is 0.480 e. The second-order valence-corrected chi connectivity index (χ2v) is 8.41. The van der Waals surface area contributed by atoms with E-state index in [9.17, 15) is 24.3 Å². The van der Waals surface area contributed by atoms with E-state index < -0.39 is 18.0 Å². The summed E-state index contributed by atoms with van der Waals surface area (Å²) in [5, 5.41) is 28.7. The van der Waals surface area contributed by atoms with Crippen LogP contribution < -0.4 is 10.00 Å². The first-order chi connectivity index (χ1) is 16.2. The Morgan fingerprint density at radius 3 is 2.56 bits per heavy atom. The molecule has 1 aromatic heterocycles. The number of H-pyrrole nitrogens is 1. The molecule has 0 aromatic carbocycles. The zero-order valence-electron chi connectivity index (χ0n) is 19.6. The number of carbonyl (C=O) groups excluding carboxylic acids is 2. The zero-order valence-corrected chi connectivity index (χ0v) is 19.6. The maximum Gasteiger partial charge on any atom is 0.320 e. The van der Waals surface area contributed by atoms with Crippen LogP contribution in [0.4, 0.5) is 0 Å². The van der Waals surface area contributed by atoms with Crippen molar-refractivity contribution in [3.05, 3.63) is 11.9 Å². The van der Waals surface area contributed by atoms with E-state index in [1.165, 1.54) is 0 Å². The van der Waals surface area contributed by atoms with Gasteiger partial charge in [0, 0.05) is 37.7 Å². The summed E-state index contributed by atoms with van der Waals surface area (Å²) < 4.78 is 6.63. The SMILES string of the molecule is CC(C)[n+]1cc(CNC(=O)CCC(C(=O)O)N2CCN(CC(=O)O)CCN(COC=O)C2)n[nH]1. The summed E-state index contributed by atoms with van der Waals surface area (Å²) in [7, 11) is 0. The van der Waals surface area contributed by atoms with Gasteiger partial charge in [0.1, 0.15) is 18.8 Å². The lowest BCUT2D eigenvalue weighted by Crippen LogP contribution is -2.54. The average Bonchev–Trinajstić information content (AvgIpc) is 3.24. The lowest BCUT2D eigenvalue weighted by Gasteiger charge is -2.38. The van der Waals surface area contributed by atoms with Crippen LogP contribution in [0.3, 0.4) is 0 Å². The molecule has 2 heterocycles. The fourth-order valence-electron chi connectivity index (χ4n) is 3.61. The highest BCUT2D eigenvalue weighted by Crippen LogP contribution is 2.12. The first-order valence-electron chi connectivity index (χ1n) is 11.1. The summed E-state index contributed by atoms with van der Waals surface area (Å²) in [6.45, 7) is 5.96. The number of rotatable bonds is 13. The van der Waals surface area contributed by atoms with Crippen LogP contribution in [-0.2, 0) is 30.5 Å². The van der Waals surface area contributed by atoms with Gasteiger partial charge in [0.25, 0.3) is 6.47 Å². The molecule has 1 atom stereocenters. The molecule has 0 aliphatic carbocycles. The van der Waals surface area contributed by atoms with E-state index in [0.29, 0.717) is 31.8 Å². The number of aliphatic carboxylic acids is 2. The van der Waals surface area contributed by atoms with Crippen molar-refractivity contribution in [3.8, 4) is 0 Å². The Labute approximate surface area is 197 Å². The standard InChI is InChI=1S/C20H33N7O7/c1-15(2)27-10-16(22-23-27)9-21-18(29)4-3-17(20(32)33)26-8-7-24(11-19(30)31)5-6-25(12-26)13-34-14-28/h10,14-15,17H,3-9,11-13H2,1-2H3,(H3,21,29,30,31,32,33)/p+1.